The van der Waals surface area contributed by atoms with Crippen molar-refractivity contribution in [2.75, 3.05) is 18.5 Å². The second-order valence-corrected chi connectivity index (χ2v) is 8.48. The molecule has 0 heterocycles. The van der Waals surface area contributed by atoms with E-state index >= 15 is 0 Å². The van der Waals surface area contributed by atoms with Crippen molar-refractivity contribution in [3.63, 3.8) is 0 Å². The summed E-state index contributed by atoms with van der Waals surface area (Å²) in [4.78, 5) is 39.1. The van der Waals surface area contributed by atoms with Gasteiger partial charge in [-0.2, -0.15) is 21.6 Å². The summed E-state index contributed by atoms with van der Waals surface area (Å²) in [6.45, 7) is 2.62. The summed E-state index contributed by atoms with van der Waals surface area (Å²) < 4.78 is 78.7. The number of nitrogens with two attached hydrogens (primary N) is 2. The number of urea groups is 1. The van der Waals surface area contributed by atoms with Crippen LogP contribution in [-0.2, 0) is 25.8 Å². The van der Waals surface area contributed by atoms with Crippen LogP contribution in [0.2, 0.25) is 0 Å². The molecule has 0 aromatic heterocycles. The van der Waals surface area contributed by atoms with Gasteiger partial charge in [-0.1, -0.05) is 6.07 Å². The van der Waals surface area contributed by atoms with E-state index in [9.17, 15) is 36.0 Å². The molecule has 2 aromatic rings. The zero-order valence-corrected chi connectivity index (χ0v) is 20.6. The Labute approximate surface area is 214 Å². The summed E-state index contributed by atoms with van der Waals surface area (Å²) in [5.74, 6) is -1.30. The fraction of sp³-hybridized carbons (Fsp3) is 0.238. The maximum atomic E-state index is 13.0. The van der Waals surface area contributed by atoms with E-state index in [0.29, 0.717) is 12.1 Å². The van der Waals surface area contributed by atoms with E-state index in [1.807, 2.05) is 0 Å². The van der Waals surface area contributed by atoms with Crippen molar-refractivity contribution >= 4 is 45.7 Å². The SMILES string of the molecule is CCOC(=O)N(C(=O)OCC)C(N)=Nc1cc(OS(=O)(=O)c2cccc(C(F)(F)F)c2)ccc1NC(N)=O. The number of guanidine groups is 1. The van der Waals surface area contributed by atoms with E-state index in [4.69, 9.17) is 25.1 Å². The molecule has 13 nitrogen and oxygen atoms in total. The highest BCUT2D eigenvalue weighted by Crippen LogP contribution is 2.33. The minimum atomic E-state index is -4.81. The number of imide groups is 1. The Hall–Kier alpha value is -4.54. The Bertz CT molecular complexity index is 1330. The van der Waals surface area contributed by atoms with Crippen LogP contribution in [0.4, 0.5) is 38.9 Å². The molecule has 5 N–H and O–H groups in total. The van der Waals surface area contributed by atoms with E-state index in [-0.39, 0.29) is 29.5 Å². The average Bonchev–Trinajstić information content (AvgIpc) is 2.80. The van der Waals surface area contributed by atoms with Crippen molar-refractivity contribution in [3.8, 4) is 5.75 Å². The van der Waals surface area contributed by atoms with Crippen molar-refractivity contribution in [1.29, 1.82) is 0 Å². The summed E-state index contributed by atoms with van der Waals surface area (Å²) in [5, 5.41) is 2.17. The Balaban J connectivity index is 2.54. The number of hydrogen-bond acceptors (Lipinski definition) is 9. The van der Waals surface area contributed by atoms with E-state index in [1.54, 1.807) is 0 Å². The van der Waals surface area contributed by atoms with Crippen molar-refractivity contribution in [2.45, 2.75) is 24.9 Å². The largest absolute Gasteiger partial charge is 0.449 e. The molecule has 0 atom stereocenters. The topological polar surface area (TPSA) is 193 Å². The third-order valence-corrected chi connectivity index (χ3v) is 5.49. The van der Waals surface area contributed by atoms with E-state index in [1.165, 1.54) is 13.8 Å². The highest BCUT2D eigenvalue weighted by Gasteiger charge is 2.32. The number of benzene rings is 2. The van der Waals surface area contributed by atoms with Gasteiger partial charge in [0.05, 0.1) is 30.2 Å². The lowest BCUT2D eigenvalue weighted by Crippen LogP contribution is -2.46. The molecular formula is C21H22F3N5O8S. The summed E-state index contributed by atoms with van der Waals surface area (Å²) in [5.41, 5.74) is 9.16. The zero-order chi connectivity index (χ0) is 28.7. The van der Waals surface area contributed by atoms with Gasteiger partial charge in [-0.15, -0.1) is 4.90 Å². The van der Waals surface area contributed by atoms with Gasteiger partial charge in [0.15, 0.2) is 0 Å². The number of amides is 4. The van der Waals surface area contributed by atoms with Crippen LogP contribution in [0.15, 0.2) is 52.4 Å². The first kappa shape index (κ1) is 29.7. The molecule has 2 rings (SSSR count). The molecule has 0 radical (unpaired) electrons. The normalized spacial score (nSPS) is 11.9. The lowest BCUT2D eigenvalue weighted by molar-refractivity contribution is -0.137. The number of rotatable bonds is 7. The number of nitrogens with one attached hydrogen (secondary N) is 1. The predicted molar refractivity (Wildman–Crippen MR) is 126 cm³/mol. The van der Waals surface area contributed by atoms with E-state index in [2.05, 4.69) is 10.3 Å². The second kappa shape index (κ2) is 12.1. The molecule has 38 heavy (non-hydrogen) atoms. The first-order valence-electron chi connectivity index (χ1n) is 10.5. The molecule has 0 spiro atoms. The summed E-state index contributed by atoms with van der Waals surface area (Å²) in [7, 11) is -4.79. The van der Waals surface area contributed by atoms with Gasteiger partial charge in [0.1, 0.15) is 10.6 Å². The van der Waals surface area contributed by atoms with Gasteiger partial charge in [-0.25, -0.2) is 19.4 Å². The molecule has 2 aromatic carbocycles. The van der Waals surface area contributed by atoms with E-state index < -0.39 is 56.7 Å². The third kappa shape index (κ3) is 7.73. The number of carbonyl (C=O) groups is 3. The van der Waals surface area contributed by atoms with Crippen molar-refractivity contribution in [1.82, 2.24) is 4.90 Å². The van der Waals surface area contributed by atoms with Crippen LogP contribution >= 0.6 is 0 Å². The van der Waals surface area contributed by atoms with Crippen molar-refractivity contribution < 1.29 is 49.6 Å². The smallest absolute Gasteiger partial charge is 0.426 e. The second-order valence-electron chi connectivity index (χ2n) is 6.93. The monoisotopic (exact) mass is 561 g/mol. The average molecular weight is 561 g/mol. The first-order valence-corrected chi connectivity index (χ1v) is 11.9. The van der Waals surface area contributed by atoms with Crippen LogP contribution in [0.5, 0.6) is 5.75 Å². The maximum absolute atomic E-state index is 13.0. The predicted octanol–water partition coefficient (Wildman–Crippen LogP) is 3.52. The fourth-order valence-corrected chi connectivity index (χ4v) is 3.68. The third-order valence-electron chi connectivity index (χ3n) is 4.25. The molecule has 4 amide bonds. The number of alkyl halides is 3. The highest BCUT2D eigenvalue weighted by molar-refractivity contribution is 7.87. The Morgan fingerprint density at radius 1 is 1.00 bits per heavy atom. The molecule has 0 saturated carbocycles. The highest BCUT2D eigenvalue weighted by atomic mass is 32.2. The molecule has 206 valence electrons. The maximum Gasteiger partial charge on any atom is 0.426 e. The van der Waals surface area contributed by atoms with Gasteiger partial charge in [0, 0.05) is 6.07 Å². The summed E-state index contributed by atoms with van der Waals surface area (Å²) in [6, 6.07) is 4.77. The number of hydrogen-bond donors (Lipinski definition) is 3. The van der Waals surface area contributed by atoms with Gasteiger partial charge in [0.25, 0.3) is 0 Å². The van der Waals surface area contributed by atoms with Gasteiger partial charge in [-0.05, 0) is 44.2 Å². The van der Waals surface area contributed by atoms with Crippen LogP contribution < -0.4 is 21.0 Å². The standard InChI is InChI=1S/C21H22F3N5O8S/c1-3-35-19(31)29(20(32)36-4-2)17(25)27-16-11-13(8-9-15(16)28-18(26)30)37-38(33,34)14-7-5-6-12(10-14)21(22,23)24/h5-11H,3-4H2,1-2H3,(H2,25,27)(H3,26,28,30). The molecule has 0 saturated heterocycles. The number of aliphatic imine (C=N–C) groups is 1. The minimum Gasteiger partial charge on any atom is -0.449 e. The van der Waals surface area contributed by atoms with Crippen LogP contribution in [0.3, 0.4) is 0 Å². The van der Waals surface area contributed by atoms with E-state index in [0.717, 1.165) is 30.3 Å². The Morgan fingerprint density at radius 2 is 1.61 bits per heavy atom. The van der Waals surface area contributed by atoms with Gasteiger partial charge in [-0.3, -0.25) is 0 Å². The quantitative estimate of drug-likeness (QED) is 0.258. The van der Waals surface area contributed by atoms with Gasteiger partial charge in [0.2, 0.25) is 5.96 Å². The molecule has 0 aliphatic rings. The van der Waals surface area contributed by atoms with Crippen LogP contribution in [-0.4, -0.2) is 50.7 Å². The molecule has 0 unspecified atom stereocenters. The molecule has 0 aliphatic carbocycles. The number of carbonyl (C=O) groups excluding carboxylic acids is 3. The summed E-state index contributed by atoms with van der Waals surface area (Å²) >= 11 is 0. The molecule has 0 bridgehead atoms. The van der Waals surface area contributed by atoms with Crippen molar-refractivity contribution in [3.05, 3.63) is 48.0 Å². The van der Waals surface area contributed by atoms with Crippen LogP contribution in [0.25, 0.3) is 0 Å². The van der Waals surface area contributed by atoms with Crippen molar-refractivity contribution in [2.24, 2.45) is 16.5 Å². The number of nitrogens with zero attached hydrogens (tertiary/aromatic N) is 2. The zero-order valence-electron chi connectivity index (χ0n) is 19.8. The molecular weight excluding hydrogens is 539 g/mol. The van der Waals surface area contributed by atoms with Crippen LogP contribution in [0, 0.1) is 0 Å². The summed E-state index contributed by atoms with van der Waals surface area (Å²) in [6.07, 6.45) is -7.32. The minimum absolute atomic E-state index is 0.146. The molecule has 0 aliphatic heterocycles. The number of halogens is 3. The number of ether oxygens (including phenoxy) is 2. The fourth-order valence-electron chi connectivity index (χ4n) is 2.71. The number of anilines is 1. The Morgan fingerprint density at radius 3 is 2.13 bits per heavy atom. The molecule has 17 heteroatoms. The molecule has 0 fully saturated rings. The first-order chi connectivity index (χ1) is 17.7. The number of primary amides is 1. The lowest BCUT2D eigenvalue weighted by atomic mass is 10.2. The Kier molecular flexibility index (Phi) is 9.48. The lowest BCUT2D eigenvalue weighted by Gasteiger charge is -2.18. The van der Waals surface area contributed by atoms with Gasteiger partial charge < -0.3 is 30.4 Å². The van der Waals surface area contributed by atoms with Crippen LogP contribution in [0.1, 0.15) is 19.4 Å². The van der Waals surface area contributed by atoms with Gasteiger partial charge >= 0.3 is 34.5 Å².